The topological polar surface area (TPSA) is 64.7 Å². The van der Waals surface area contributed by atoms with Crippen LogP contribution in [0.1, 0.15) is 34.9 Å². The Kier molecular flexibility index (Phi) is 4.44. The Balaban J connectivity index is 1.45. The number of hydrogen-bond donors (Lipinski definition) is 1. The minimum absolute atomic E-state index is 0.144. The summed E-state index contributed by atoms with van der Waals surface area (Å²) in [6, 6.07) is 20.1. The molecule has 6 nitrogen and oxygen atoms in total. The molecule has 1 fully saturated rings. The Morgan fingerprint density at radius 3 is 2.48 bits per heavy atom. The summed E-state index contributed by atoms with van der Waals surface area (Å²) >= 11 is 0. The third-order valence-corrected chi connectivity index (χ3v) is 5.14. The van der Waals surface area contributed by atoms with Crippen molar-refractivity contribution in [2.24, 2.45) is 0 Å². The van der Waals surface area contributed by atoms with Crippen molar-refractivity contribution < 1.29 is 4.79 Å². The van der Waals surface area contributed by atoms with Crippen molar-refractivity contribution in [2.75, 3.05) is 0 Å². The molecule has 29 heavy (non-hydrogen) atoms. The van der Waals surface area contributed by atoms with E-state index in [9.17, 15) is 4.79 Å². The molecule has 0 spiro atoms. The first-order valence-electron chi connectivity index (χ1n) is 9.79. The predicted octanol–water partition coefficient (Wildman–Crippen LogP) is 4.00. The maximum absolute atomic E-state index is 13.1. The summed E-state index contributed by atoms with van der Waals surface area (Å²) in [5.74, 6) is -0.144. The highest BCUT2D eigenvalue weighted by molar-refractivity contribution is 5.99. The number of para-hydroxylation sites is 1. The highest BCUT2D eigenvalue weighted by Crippen LogP contribution is 2.35. The Hall–Kier alpha value is -3.67. The summed E-state index contributed by atoms with van der Waals surface area (Å²) in [7, 11) is 0. The summed E-state index contributed by atoms with van der Waals surface area (Å²) in [5, 5.41) is 7.76. The molecule has 1 aliphatic carbocycles. The van der Waals surface area contributed by atoms with E-state index in [4.69, 9.17) is 5.10 Å². The number of carbonyl (C=O) groups is 1. The average molecular weight is 383 g/mol. The van der Waals surface area contributed by atoms with Gasteiger partial charge in [0.15, 0.2) is 0 Å². The van der Waals surface area contributed by atoms with Crippen LogP contribution in [0, 0.1) is 0 Å². The Morgan fingerprint density at radius 1 is 1.03 bits per heavy atom. The number of rotatable bonds is 6. The average Bonchev–Trinajstić information content (AvgIpc) is 3.34. The van der Waals surface area contributed by atoms with E-state index in [2.05, 4.69) is 14.9 Å². The Morgan fingerprint density at radius 2 is 1.76 bits per heavy atom. The van der Waals surface area contributed by atoms with E-state index in [0.29, 0.717) is 23.8 Å². The number of imidazole rings is 1. The summed E-state index contributed by atoms with van der Waals surface area (Å²) in [5.41, 5.74) is 4.07. The lowest BCUT2D eigenvalue weighted by Crippen LogP contribution is -2.24. The molecule has 5 rings (SSSR count). The lowest BCUT2D eigenvalue weighted by molar-refractivity contribution is 0.0950. The van der Waals surface area contributed by atoms with Crippen LogP contribution in [0.5, 0.6) is 0 Å². The number of aromatic nitrogens is 4. The molecule has 2 aromatic heterocycles. The molecule has 1 amide bonds. The standard InChI is InChI=1S/C23H21N5O/c29-23(25-14-20-13-24-16-27(20)18-11-12-18)21-15-28(19-9-5-2-6-10-19)26-22(21)17-7-3-1-4-8-17/h1-10,13,15-16,18H,11-12,14H2,(H,25,29). The van der Waals surface area contributed by atoms with Crippen LogP contribution in [0.15, 0.2) is 79.4 Å². The molecule has 2 heterocycles. The largest absolute Gasteiger partial charge is 0.346 e. The number of benzene rings is 2. The van der Waals surface area contributed by atoms with E-state index in [0.717, 1.165) is 16.9 Å². The lowest BCUT2D eigenvalue weighted by atomic mass is 10.1. The van der Waals surface area contributed by atoms with Gasteiger partial charge in [0.2, 0.25) is 0 Å². The minimum Gasteiger partial charge on any atom is -0.346 e. The van der Waals surface area contributed by atoms with Gasteiger partial charge in [-0.1, -0.05) is 48.5 Å². The quantitative estimate of drug-likeness (QED) is 0.547. The molecule has 144 valence electrons. The molecule has 1 aliphatic rings. The van der Waals surface area contributed by atoms with E-state index >= 15 is 0 Å². The monoisotopic (exact) mass is 383 g/mol. The highest BCUT2D eigenvalue weighted by Gasteiger charge is 2.25. The molecule has 2 aromatic carbocycles. The second-order valence-electron chi connectivity index (χ2n) is 7.24. The van der Waals surface area contributed by atoms with Crippen LogP contribution in [-0.4, -0.2) is 25.2 Å². The second-order valence-corrected chi connectivity index (χ2v) is 7.24. The maximum Gasteiger partial charge on any atom is 0.255 e. The van der Waals surface area contributed by atoms with Crippen molar-refractivity contribution in [2.45, 2.75) is 25.4 Å². The van der Waals surface area contributed by atoms with Gasteiger partial charge >= 0.3 is 0 Å². The van der Waals surface area contributed by atoms with Crippen LogP contribution in [0.2, 0.25) is 0 Å². The molecule has 1 saturated carbocycles. The van der Waals surface area contributed by atoms with Gasteiger partial charge in [0.25, 0.3) is 5.91 Å². The molecule has 4 aromatic rings. The van der Waals surface area contributed by atoms with Crippen LogP contribution in [-0.2, 0) is 6.54 Å². The third-order valence-electron chi connectivity index (χ3n) is 5.14. The number of nitrogens with zero attached hydrogens (tertiary/aromatic N) is 4. The number of amides is 1. The molecule has 0 saturated heterocycles. The van der Waals surface area contributed by atoms with Gasteiger partial charge in [0.05, 0.1) is 29.8 Å². The molecule has 0 radical (unpaired) electrons. The van der Waals surface area contributed by atoms with Gasteiger partial charge in [-0.25, -0.2) is 9.67 Å². The lowest BCUT2D eigenvalue weighted by Gasteiger charge is -2.08. The molecule has 6 heteroatoms. The van der Waals surface area contributed by atoms with Crippen molar-refractivity contribution in [1.82, 2.24) is 24.6 Å². The van der Waals surface area contributed by atoms with Gasteiger partial charge < -0.3 is 9.88 Å². The first kappa shape index (κ1) is 17.4. The zero-order valence-corrected chi connectivity index (χ0v) is 15.9. The predicted molar refractivity (Wildman–Crippen MR) is 111 cm³/mol. The Labute approximate surface area is 168 Å². The van der Waals surface area contributed by atoms with Crippen molar-refractivity contribution in [3.63, 3.8) is 0 Å². The maximum atomic E-state index is 13.1. The summed E-state index contributed by atoms with van der Waals surface area (Å²) in [6.45, 7) is 0.445. The van der Waals surface area contributed by atoms with E-state index in [-0.39, 0.29) is 5.91 Å². The molecule has 1 N–H and O–H groups in total. The van der Waals surface area contributed by atoms with Crippen molar-refractivity contribution in [3.8, 4) is 16.9 Å². The second kappa shape index (κ2) is 7.39. The fraction of sp³-hybridized carbons (Fsp3) is 0.174. The minimum atomic E-state index is -0.144. The SMILES string of the molecule is O=C(NCc1cncn1C1CC1)c1cn(-c2ccccc2)nc1-c1ccccc1. The Bertz CT molecular complexity index is 1130. The molecule has 0 atom stereocenters. The van der Waals surface area contributed by atoms with Crippen LogP contribution >= 0.6 is 0 Å². The number of carbonyl (C=O) groups excluding carboxylic acids is 1. The van der Waals surface area contributed by atoms with Gasteiger partial charge in [-0.15, -0.1) is 0 Å². The van der Waals surface area contributed by atoms with Crippen molar-refractivity contribution in [3.05, 3.63) is 90.6 Å². The normalized spacial score (nSPS) is 13.4. The van der Waals surface area contributed by atoms with Crippen LogP contribution in [0.3, 0.4) is 0 Å². The first-order valence-corrected chi connectivity index (χ1v) is 9.79. The fourth-order valence-corrected chi connectivity index (χ4v) is 3.48. The van der Waals surface area contributed by atoms with Crippen molar-refractivity contribution in [1.29, 1.82) is 0 Å². The summed E-state index contributed by atoms with van der Waals surface area (Å²) in [4.78, 5) is 17.3. The van der Waals surface area contributed by atoms with Crippen LogP contribution in [0.25, 0.3) is 16.9 Å². The molecule has 0 aliphatic heterocycles. The van der Waals surface area contributed by atoms with Gasteiger partial charge in [0, 0.05) is 24.0 Å². The van der Waals surface area contributed by atoms with Crippen LogP contribution < -0.4 is 5.32 Å². The fourth-order valence-electron chi connectivity index (χ4n) is 3.48. The molecular weight excluding hydrogens is 362 g/mol. The van der Waals surface area contributed by atoms with E-state index in [1.807, 2.05) is 73.2 Å². The van der Waals surface area contributed by atoms with Gasteiger partial charge in [0.1, 0.15) is 5.69 Å². The smallest absolute Gasteiger partial charge is 0.255 e. The molecule has 0 unspecified atom stereocenters. The first-order chi connectivity index (χ1) is 14.3. The molecular formula is C23H21N5O. The van der Waals surface area contributed by atoms with E-state index in [1.54, 1.807) is 10.9 Å². The summed E-state index contributed by atoms with van der Waals surface area (Å²) in [6.07, 6.45) is 7.83. The van der Waals surface area contributed by atoms with Gasteiger partial charge in [-0.2, -0.15) is 5.10 Å². The van der Waals surface area contributed by atoms with E-state index in [1.165, 1.54) is 12.8 Å². The van der Waals surface area contributed by atoms with E-state index < -0.39 is 0 Å². The third kappa shape index (κ3) is 3.57. The van der Waals surface area contributed by atoms with Crippen LogP contribution in [0.4, 0.5) is 0 Å². The zero-order valence-electron chi connectivity index (χ0n) is 15.9. The molecule has 0 bridgehead atoms. The van der Waals surface area contributed by atoms with Gasteiger partial charge in [-0.3, -0.25) is 4.79 Å². The van der Waals surface area contributed by atoms with Crippen molar-refractivity contribution >= 4 is 5.91 Å². The highest BCUT2D eigenvalue weighted by atomic mass is 16.1. The number of nitrogens with one attached hydrogen (secondary N) is 1. The zero-order chi connectivity index (χ0) is 19.6. The van der Waals surface area contributed by atoms with Gasteiger partial charge in [-0.05, 0) is 25.0 Å². The summed E-state index contributed by atoms with van der Waals surface area (Å²) < 4.78 is 3.91. The number of hydrogen-bond acceptors (Lipinski definition) is 3.